The second-order valence-electron chi connectivity index (χ2n) is 3.02. The van der Waals surface area contributed by atoms with E-state index in [2.05, 4.69) is 6.58 Å². The van der Waals surface area contributed by atoms with E-state index in [1.54, 1.807) is 11.0 Å². The first-order valence-electron chi connectivity index (χ1n) is 4.72. The molecule has 0 unspecified atom stereocenters. The average Bonchev–Trinajstić information content (AvgIpc) is 2.14. The summed E-state index contributed by atoms with van der Waals surface area (Å²) in [6.07, 6.45) is 2.49. The normalized spacial score (nSPS) is 9.50. The fraction of sp³-hybridized carbons (Fsp3) is 0.600. The summed E-state index contributed by atoms with van der Waals surface area (Å²) in [5.74, 6) is -1.05. The Hall–Kier alpha value is -1.32. The number of rotatable bonds is 7. The molecular weight excluding hydrogens is 182 g/mol. The molecule has 0 radical (unpaired) electrons. The minimum absolute atomic E-state index is 0.0726. The van der Waals surface area contributed by atoms with Crippen molar-refractivity contribution >= 4 is 11.9 Å². The number of hydrogen-bond donors (Lipinski definition) is 1. The van der Waals surface area contributed by atoms with E-state index in [1.165, 1.54) is 0 Å². The lowest BCUT2D eigenvalue weighted by Crippen LogP contribution is -2.32. The summed E-state index contributed by atoms with van der Waals surface area (Å²) in [7, 11) is 0. The Bertz CT molecular complexity index is 213. The topological polar surface area (TPSA) is 57.6 Å². The van der Waals surface area contributed by atoms with E-state index in [9.17, 15) is 9.59 Å². The highest BCUT2D eigenvalue weighted by Gasteiger charge is 2.12. The Balaban J connectivity index is 4.00. The van der Waals surface area contributed by atoms with Crippen LogP contribution in [0.25, 0.3) is 0 Å². The summed E-state index contributed by atoms with van der Waals surface area (Å²) in [4.78, 5) is 23.3. The predicted molar refractivity (Wildman–Crippen MR) is 53.9 cm³/mol. The molecule has 0 aromatic rings. The zero-order valence-corrected chi connectivity index (χ0v) is 8.53. The monoisotopic (exact) mass is 199 g/mol. The largest absolute Gasteiger partial charge is 0.481 e. The van der Waals surface area contributed by atoms with Gasteiger partial charge in [-0.1, -0.05) is 13.0 Å². The molecule has 14 heavy (non-hydrogen) atoms. The molecule has 0 saturated heterocycles. The lowest BCUT2D eigenvalue weighted by atomic mass is 10.2. The van der Waals surface area contributed by atoms with Crippen molar-refractivity contribution < 1.29 is 14.7 Å². The summed E-state index contributed by atoms with van der Waals surface area (Å²) >= 11 is 0. The van der Waals surface area contributed by atoms with Gasteiger partial charge in [0.25, 0.3) is 0 Å². The van der Waals surface area contributed by atoms with Crippen molar-refractivity contribution in [3.8, 4) is 0 Å². The third kappa shape index (κ3) is 5.35. The van der Waals surface area contributed by atoms with E-state index in [0.29, 0.717) is 13.1 Å². The van der Waals surface area contributed by atoms with Gasteiger partial charge in [-0.15, -0.1) is 6.58 Å². The van der Waals surface area contributed by atoms with Crippen LogP contribution in [0.4, 0.5) is 0 Å². The van der Waals surface area contributed by atoms with Crippen LogP contribution in [0.2, 0.25) is 0 Å². The molecule has 1 amide bonds. The van der Waals surface area contributed by atoms with E-state index in [1.807, 2.05) is 6.92 Å². The van der Waals surface area contributed by atoms with Crippen molar-refractivity contribution in [3.63, 3.8) is 0 Å². The lowest BCUT2D eigenvalue weighted by molar-refractivity contribution is -0.140. The van der Waals surface area contributed by atoms with Crippen LogP contribution in [0.3, 0.4) is 0 Å². The van der Waals surface area contributed by atoms with E-state index in [-0.39, 0.29) is 18.7 Å². The Labute approximate surface area is 84.2 Å². The predicted octanol–water partition coefficient (Wildman–Crippen LogP) is 1.28. The highest BCUT2D eigenvalue weighted by atomic mass is 16.4. The highest BCUT2D eigenvalue weighted by molar-refractivity contribution is 5.80. The summed E-state index contributed by atoms with van der Waals surface area (Å²) < 4.78 is 0. The second-order valence-corrected chi connectivity index (χ2v) is 3.02. The van der Waals surface area contributed by atoms with Crippen molar-refractivity contribution in [1.29, 1.82) is 0 Å². The van der Waals surface area contributed by atoms with Crippen molar-refractivity contribution in [2.24, 2.45) is 0 Å². The number of carboxylic acid groups (broad SMARTS) is 1. The molecule has 0 aromatic carbocycles. The number of carboxylic acids is 1. The quantitative estimate of drug-likeness (QED) is 0.628. The molecule has 0 fully saturated rings. The van der Waals surface area contributed by atoms with E-state index < -0.39 is 5.97 Å². The van der Waals surface area contributed by atoms with Crippen LogP contribution in [0.5, 0.6) is 0 Å². The standard InChI is InChI=1S/C10H17NO3/c1-3-7-11(8-4-2)9(12)5-6-10(13)14/h3H,1,4-8H2,2H3,(H,13,14). The molecule has 0 rings (SSSR count). The van der Waals surface area contributed by atoms with Gasteiger partial charge in [-0.05, 0) is 6.42 Å². The number of nitrogens with zero attached hydrogens (tertiary/aromatic N) is 1. The number of aliphatic carboxylic acids is 1. The number of carbonyl (C=O) groups excluding carboxylic acids is 1. The third-order valence-electron chi connectivity index (χ3n) is 1.75. The molecule has 0 atom stereocenters. The average molecular weight is 199 g/mol. The molecule has 4 heteroatoms. The van der Waals surface area contributed by atoms with Crippen LogP contribution in [0.1, 0.15) is 26.2 Å². The Morgan fingerprint density at radius 1 is 1.43 bits per heavy atom. The van der Waals surface area contributed by atoms with Gasteiger partial charge in [-0.2, -0.15) is 0 Å². The van der Waals surface area contributed by atoms with Crippen LogP contribution >= 0.6 is 0 Å². The Morgan fingerprint density at radius 3 is 2.50 bits per heavy atom. The van der Waals surface area contributed by atoms with Gasteiger partial charge in [0.2, 0.25) is 5.91 Å². The summed E-state index contributed by atoms with van der Waals surface area (Å²) in [6, 6.07) is 0. The molecule has 0 spiro atoms. The van der Waals surface area contributed by atoms with Crippen molar-refractivity contribution in [1.82, 2.24) is 4.90 Å². The maximum absolute atomic E-state index is 11.4. The first-order valence-corrected chi connectivity index (χ1v) is 4.72. The van der Waals surface area contributed by atoms with Crippen LogP contribution in [-0.4, -0.2) is 35.0 Å². The van der Waals surface area contributed by atoms with Crippen LogP contribution in [0.15, 0.2) is 12.7 Å². The molecule has 4 nitrogen and oxygen atoms in total. The van der Waals surface area contributed by atoms with Gasteiger partial charge in [0.1, 0.15) is 0 Å². The van der Waals surface area contributed by atoms with Crippen molar-refractivity contribution in [3.05, 3.63) is 12.7 Å². The molecule has 1 N–H and O–H groups in total. The molecular formula is C10H17NO3. The van der Waals surface area contributed by atoms with E-state index >= 15 is 0 Å². The van der Waals surface area contributed by atoms with Crippen LogP contribution in [0, 0.1) is 0 Å². The molecule has 0 aliphatic carbocycles. The SMILES string of the molecule is C=CCN(CCC)C(=O)CCC(=O)O. The summed E-state index contributed by atoms with van der Waals surface area (Å²) in [5, 5.41) is 8.41. The minimum Gasteiger partial charge on any atom is -0.481 e. The maximum atomic E-state index is 11.4. The van der Waals surface area contributed by atoms with Gasteiger partial charge < -0.3 is 10.0 Å². The minimum atomic E-state index is -0.937. The zero-order valence-electron chi connectivity index (χ0n) is 8.53. The summed E-state index contributed by atoms with van der Waals surface area (Å²) in [6.45, 7) is 6.67. The summed E-state index contributed by atoms with van der Waals surface area (Å²) in [5.41, 5.74) is 0. The molecule has 0 heterocycles. The molecule has 0 aliphatic rings. The van der Waals surface area contributed by atoms with Gasteiger partial charge in [0.05, 0.1) is 6.42 Å². The Kier molecular flexibility index (Phi) is 6.45. The molecule has 0 aromatic heterocycles. The molecule has 0 bridgehead atoms. The van der Waals surface area contributed by atoms with Crippen LogP contribution < -0.4 is 0 Å². The van der Waals surface area contributed by atoms with Gasteiger partial charge in [0.15, 0.2) is 0 Å². The highest BCUT2D eigenvalue weighted by Crippen LogP contribution is 1.99. The fourth-order valence-electron chi connectivity index (χ4n) is 1.12. The third-order valence-corrected chi connectivity index (χ3v) is 1.75. The first kappa shape index (κ1) is 12.7. The van der Waals surface area contributed by atoms with Crippen molar-refractivity contribution in [2.45, 2.75) is 26.2 Å². The molecule has 0 saturated carbocycles. The Morgan fingerprint density at radius 2 is 2.07 bits per heavy atom. The number of carbonyl (C=O) groups is 2. The fourth-order valence-corrected chi connectivity index (χ4v) is 1.12. The van der Waals surface area contributed by atoms with Gasteiger partial charge in [-0.25, -0.2) is 0 Å². The van der Waals surface area contributed by atoms with Crippen LogP contribution in [-0.2, 0) is 9.59 Å². The van der Waals surface area contributed by atoms with Gasteiger partial charge >= 0.3 is 5.97 Å². The first-order chi connectivity index (χ1) is 6.61. The maximum Gasteiger partial charge on any atom is 0.303 e. The molecule has 80 valence electrons. The van der Waals surface area contributed by atoms with E-state index in [0.717, 1.165) is 6.42 Å². The van der Waals surface area contributed by atoms with E-state index in [4.69, 9.17) is 5.11 Å². The zero-order chi connectivity index (χ0) is 11.0. The van der Waals surface area contributed by atoms with Gasteiger partial charge in [0, 0.05) is 19.5 Å². The number of amides is 1. The smallest absolute Gasteiger partial charge is 0.303 e. The second kappa shape index (κ2) is 7.12. The number of hydrogen-bond acceptors (Lipinski definition) is 2. The van der Waals surface area contributed by atoms with Gasteiger partial charge in [-0.3, -0.25) is 9.59 Å². The van der Waals surface area contributed by atoms with Crippen molar-refractivity contribution in [2.75, 3.05) is 13.1 Å². The molecule has 0 aliphatic heterocycles. The lowest BCUT2D eigenvalue weighted by Gasteiger charge is -2.19.